The van der Waals surface area contributed by atoms with Crippen LogP contribution in [0, 0.1) is 17.6 Å². The van der Waals surface area contributed by atoms with Crippen molar-refractivity contribution >= 4 is 0 Å². The average molecular weight is 277 g/mol. The van der Waals surface area contributed by atoms with E-state index in [4.69, 9.17) is 0 Å². The van der Waals surface area contributed by atoms with Gasteiger partial charge in [-0.3, -0.25) is 0 Å². The van der Waals surface area contributed by atoms with Crippen LogP contribution in [-0.2, 0) is 0 Å². The molecule has 1 aliphatic heterocycles. The maximum atomic E-state index is 13.0. The second kappa shape index (κ2) is 5.88. The van der Waals surface area contributed by atoms with E-state index in [-0.39, 0.29) is 24.4 Å². The summed E-state index contributed by atoms with van der Waals surface area (Å²) in [6.07, 6.45) is -3.49. The molecule has 0 spiro atoms. The van der Waals surface area contributed by atoms with Crippen molar-refractivity contribution in [1.82, 2.24) is 4.90 Å². The van der Waals surface area contributed by atoms with Gasteiger partial charge in [0.15, 0.2) is 0 Å². The molecule has 0 aliphatic carbocycles. The summed E-state index contributed by atoms with van der Waals surface area (Å²) in [4.78, 5) is 1.79. The molecule has 6 heteroatoms. The second-order valence-corrected chi connectivity index (χ2v) is 4.85. The molecule has 1 fully saturated rings. The van der Waals surface area contributed by atoms with Crippen molar-refractivity contribution in [2.75, 3.05) is 19.6 Å². The van der Waals surface area contributed by atoms with Crippen LogP contribution in [0.25, 0.3) is 0 Å². The lowest BCUT2D eigenvalue weighted by atomic mass is 9.89. The van der Waals surface area contributed by atoms with Gasteiger partial charge < -0.3 is 10.0 Å². The molecule has 1 N–H and O–H groups in total. The van der Waals surface area contributed by atoms with Crippen LogP contribution in [0.4, 0.5) is 17.6 Å². The quantitative estimate of drug-likeness (QED) is 0.836. The summed E-state index contributed by atoms with van der Waals surface area (Å²) in [7, 11) is 0. The molecule has 0 bridgehead atoms. The van der Waals surface area contributed by atoms with Crippen molar-refractivity contribution in [2.24, 2.45) is 5.92 Å². The summed E-state index contributed by atoms with van der Waals surface area (Å²) < 4.78 is 50.0. The zero-order valence-corrected chi connectivity index (χ0v) is 10.2. The number of rotatable bonds is 5. The standard InChI is InChI=1S/C13H15F4NO/c14-10-3-8(4-11(15)5-10)13(19)9-6-18(7-9)2-1-12(16)17/h3-5,9,12-13,19H,1-2,6-7H2. The first-order valence-corrected chi connectivity index (χ1v) is 6.10. The number of aliphatic hydroxyl groups excluding tert-OH is 1. The molecule has 2 rings (SSSR count). The lowest BCUT2D eigenvalue weighted by Gasteiger charge is -2.41. The molecule has 0 radical (unpaired) electrons. The molecule has 1 aromatic rings. The van der Waals surface area contributed by atoms with E-state index in [0.29, 0.717) is 13.1 Å². The molecule has 0 aromatic heterocycles. The Labute approximate surface area is 108 Å². The summed E-state index contributed by atoms with van der Waals surface area (Å²) in [5.41, 5.74) is 0.191. The van der Waals surface area contributed by atoms with Gasteiger partial charge in [-0.1, -0.05) is 0 Å². The van der Waals surface area contributed by atoms with Gasteiger partial charge in [0, 0.05) is 38.0 Å². The Hall–Kier alpha value is -1.14. The summed E-state index contributed by atoms with van der Waals surface area (Å²) in [6.45, 7) is 1.20. The molecule has 1 atom stereocenters. The molecule has 0 amide bonds. The highest BCUT2D eigenvalue weighted by molar-refractivity contribution is 5.21. The van der Waals surface area contributed by atoms with Gasteiger partial charge in [-0.2, -0.15) is 0 Å². The van der Waals surface area contributed by atoms with Gasteiger partial charge in [-0.05, 0) is 17.7 Å². The average Bonchev–Trinajstić information content (AvgIpc) is 2.24. The third-order valence-corrected chi connectivity index (χ3v) is 3.32. The molecule has 0 saturated carbocycles. The number of halogens is 4. The van der Waals surface area contributed by atoms with Gasteiger partial charge in [0.2, 0.25) is 6.43 Å². The van der Waals surface area contributed by atoms with E-state index >= 15 is 0 Å². The molecule has 1 aliphatic rings. The molecule has 1 unspecified atom stereocenters. The van der Waals surface area contributed by atoms with Crippen molar-refractivity contribution in [3.63, 3.8) is 0 Å². The minimum atomic E-state index is -2.33. The minimum absolute atomic E-state index is 0.168. The van der Waals surface area contributed by atoms with Crippen LogP contribution in [0.15, 0.2) is 18.2 Å². The van der Waals surface area contributed by atoms with E-state index in [1.54, 1.807) is 4.90 Å². The van der Waals surface area contributed by atoms with Crippen LogP contribution < -0.4 is 0 Å². The van der Waals surface area contributed by atoms with Gasteiger partial charge in [0.1, 0.15) is 11.6 Å². The first kappa shape index (κ1) is 14.3. The monoisotopic (exact) mass is 277 g/mol. The van der Waals surface area contributed by atoms with E-state index < -0.39 is 24.2 Å². The number of alkyl halides is 2. The fraction of sp³-hybridized carbons (Fsp3) is 0.538. The predicted octanol–water partition coefficient (Wildman–Crippen LogP) is 2.59. The molecular weight excluding hydrogens is 262 g/mol. The maximum absolute atomic E-state index is 13.0. The minimum Gasteiger partial charge on any atom is -0.388 e. The third kappa shape index (κ3) is 3.67. The lowest BCUT2D eigenvalue weighted by molar-refractivity contribution is -0.0135. The SMILES string of the molecule is OC(c1cc(F)cc(F)c1)C1CN(CCC(F)F)C1. The third-order valence-electron chi connectivity index (χ3n) is 3.32. The van der Waals surface area contributed by atoms with Crippen molar-refractivity contribution in [3.8, 4) is 0 Å². The fourth-order valence-electron chi connectivity index (χ4n) is 2.29. The number of aliphatic hydroxyl groups is 1. The smallest absolute Gasteiger partial charge is 0.239 e. The van der Waals surface area contributed by atoms with E-state index in [0.717, 1.165) is 18.2 Å². The Bertz CT molecular complexity index is 414. The highest BCUT2D eigenvalue weighted by Gasteiger charge is 2.33. The van der Waals surface area contributed by atoms with E-state index in [1.807, 2.05) is 0 Å². The van der Waals surface area contributed by atoms with E-state index in [9.17, 15) is 22.7 Å². The molecule has 1 saturated heterocycles. The van der Waals surface area contributed by atoms with Gasteiger partial charge in [0.05, 0.1) is 6.10 Å². The van der Waals surface area contributed by atoms with Gasteiger partial charge in [0.25, 0.3) is 0 Å². The van der Waals surface area contributed by atoms with Gasteiger partial charge in [-0.15, -0.1) is 0 Å². The second-order valence-electron chi connectivity index (χ2n) is 4.85. The normalized spacial score (nSPS) is 18.6. The predicted molar refractivity (Wildman–Crippen MR) is 61.9 cm³/mol. The molecule has 106 valence electrons. The first-order valence-electron chi connectivity index (χ1n) is 6.10. The van der Waals surface area contributed by atoms with Crippen LogP contribution in [0.3, 0.4) is 0 Å². The fourth-order valence-corrected chi connectivity index (χ4v) is 2.29. The molecule has 2 nitrogen and oxygen atoms in total. The molecule has 1 heterocycles. The Morgan fingerprint density at radius 1 is 1.16 bits per heavy atom. The zero-order chi connectivity index (χ0) is 14.0. The van der Waals surface area contributed by atoms with E-state index in [1.165, 1.54) is 0 Å². The molecular formula is C13H15F4NO. The highest BCUT2D eigenvalue weighted by atomic mass is 19.3. The van der Waals surface area contributed by atoms with Gasteiger partial charge >= 0.3 is 0 Å². The Morgan fingerprint density at radius 3 is 2.26 bits per heavy atom. The zero-order valence-electron chi connectivity index (χ0n) is 10.2. The maximum Gasteiger partial charge on any atom is 0.239 e. The van der Waals surface area contributed by atoms with Crippen LogP contribution in [0.2, 0.25) is 0 Å². The number of hydrogen-bond acceptors (Lipinski definition) is 2. The molecule has 1 aromatic carbocycles. The number of hydrogen-bond donors (Lipinski definition) is 1. The largest absolute Gasteiger partial charge is 0.388 e. The van der Waals surface area contributed by atoms with Crippen LogP contribution in [0.1, 0.15) is 18.1 Å². The number of likely N-dealkylation sites (tertiary alicyclic amines) is 1. The Balaban J connectivity index is 1.87. The van der Waals surface area contributed by atoms with Crippen molar-refractivity contribution in [3.05, 3.63) is 35.4 Å². The summed E-state index contributed by atoms with van der Waals surface area (Å²) in [5.74, 6) is -1.63. The van der Waals surface area contributed by atoms with Crippen LogP contribution >= 0.6 is 0 Å². The first-order chi connectivity index (χ1) is 8.95. The summed E-state index contributed by atoms with van der Waals surface area (Å²) in [6, 6.07) is 2.93. The number of nitrogens with zero attached hydrogens (tertiary/aromatic N) is 1. The van der Waals surface area contributed by atoms with Crippen LogP contribution in [0.5, 0.6) is 0 Å². The van der Waals surface area contributed by atoms with Crippen LogP contribution in [-0.4, -0.2) is 36.1 Å². The van der Waals surface area contributed by atoms with Gasteiger partial charge in [-0.25, -0.2) is 17.6 Å². The summed E-state index contributed by atoms with van der Waals surface area (Å²) >= 11 is 0. The van der Waals surface area contributed by atoms with E-state index in [2.05, 4.69) is 0 Å². The lowest BCUT2D eigenvalue weighted by Crippen LogP contribution is -2.49. The topological polar surface area (TPSA) is 23.5 Å². The van der Waals surface area contributed by atoms with Crippen molar-refractivity contribution in [2.45, 2.75) is 19.0 Å². The Kier molecular flexibility index (Phi) is 4.42. The summed E-state index contributed by atoms with van der Waals surface area (Å²) in [5, 5.41) is 9.98. The highest BCUT2D eigenvalue weighted by Crippen LogP contribution is 2.30. The van der Waals surface area contributed by atoms with Crippen molar-refractivity contribution < 1.29 is 22.7 Å². The molecule has 19 heavy (non-hydrogen) atoms. The van der Waals surface area contributed by atoms with Crippen molar-refractivity contribution in [1.29, 1.82) is 0 Å². The number of benzene rings is 1. The Morgan fingerprint density at radius 2 is 1.74 bits per heavy atom.